The second kappa shape index (κ2) is 13.5. The minimum Gasteiger partial charge on any atom is -0.457 e. The number of hydrogen-bond donors (Lipinski definition) is 0. The first-order valence-corrected chi connectivity index (χ1v) is 10.1. The third-order valence-corrected chi connectivity index (χ3v) is 4.63. The summed E-state index contributed by atoms with van der Waals surface area (Å²) in [6.07, 6.45) is 13.3. The number of carbonyl (C=O) groups is 1. The van der Waals surface area contributed by atoms with E-state index in [9.17, 15) is 14.9 Å². The van der Waals surface area contributed by atoms with Crippen molar-refractivity contribution in [1.82, 2.24) is 0 Å². The molecule has 0 aromatic heterocycles. The lowest BCUT2D eigenvalue weighted by atomic mass is 10.1. The predicted molar refractivity (Wildman–Crippen MR) is 108 cm³/mol. The highest BCUT2D eigenvalue weighted by Gasteiger charge is 2.10. The van der Waals surface area contributed by atoms with Crippen molar-refractivity contribution in [3.05, 3.63) is 50.5 Å². The molecule has 26 heavy (non-hydrogen) atoms. The van der Waals surface area contributed by atoms with E-state index >= 15 is 0 Å². The Morgan fingerprint density at radius 1 is 1.08 bits per heavy atom. The first-order valence-electron chi connectivity index (χ1n) is 9.30. The van der Waals surface area contributed by atoms with Crippen molar-refractivity contribution in [2.45, 2.75) is 64.7 Å². The van der Waals surface area contributed by atoms with Gasteiger partial charge in [0.1, 0.15) is 6.61 Å². The molecule has 0 radical (unpaired) electrons. The van der Waals surface area contributed by atoms with Crippen molar-refractivity contribution >= 4 is 27.6 Å². The van der Waals surface area contributed by atoms with Crippen LogP contribution in [0.25, 0.3) is 0 Å². The molecule has 0 fully saturated rings. The summed E-state index contributed by atoms with van der Waals surface area (Å²) in [5.41, 5.74) is 0.256. The number of nitro benzene ring substituents is 1. The molecular weight excluding hydrogens is 398 g/mol. The number of carbonyl (C=O) groups excluding carboxylic acids is 1. The zero-order chi connectivity index (χ0) is 19.2. The molecule has 6 heteroatoms. The quantitative estimate of drug-likeness (QED) is 0.155. The fourth-order valence-corrected chi connectivity index (χ4v) is 2.88. The van der Waals surface area contributed by atoms with Crippen LogP contribution in [-0.4, -0.2) is 17.5 Å². The lowest BCUT2D eigenvalue weighted by Gasteiger charge is -2.04. The second-order valence-corrected chi connectivity index (χ2v) is 7.31. The van der Waals surface area contributed by atoms with Gasteiger partial charge in [0.15, 0.2) is 0 Å². The number of nitrogens with zero attached hydrogens (tertiary/aromatic N) is 1. The molecule has 144 valence electrons. The van der Waals surface area contributed by atoms with E-state index in [4.69, 9.17) is 4.74 Å². The Hall–Kier alpha value is -1.69. The molecule has 0 amide bonds. The summed E-state index contributed by atoms with van der Waals surface area (Å²) in [5, 5.41) is 10.6. The molecule has 0 unspecified atom stereocenters. The largest absolute Gasteiger partial charge is 0.457 e. The van der Waals surface area contributed by atoms with Gasteiger partial charge < -0.3 is 4.74 Å². The van der Waals surface area contributed by atoms with E-state index in [1.165, 1.54) is 69.2 Å². The van der Waals surface area contributed by atoms with Crippen LogP contribution in [0.2, 0.25) is 0 Å². The predicted octanol–water partition coefficient (Wildman–Crippen LogP) is 6.56. The maximum absolute atomic E-state index is 11.9. The minimum absolute atomic E-state index is 0.0482. The molecule has 1 aromatic carbocycles. The van der Waals surface area contributed by atoms with E-state index in [0.29, 0.717) is 5.56 Å². The average Bonchev–Trinajstić information content (AvgIpc) is 2.64. The number of esters is 1. The Morgan fingerprint density at radius 2 is 1.65 bits per heavy atom. The van der Waals surface area contributed by atoms with Gasteiger partial charge in [-0.25, -0.2) is 4.79 Å². The number of benzene rings is 1. The van der Waals surface area contributed by atoms with E-state index in [0.717, 1.165) is 17.3 Å². The van der Waals surface area contributed by atoms with Gasteiger partial charge >= 0.3 is 5.97 Å². The molecular formula is C20H28BrNO4. The summed E-state index contributed by atoms with van der Waals surface area (Å²) in [6.45, 7) is 2.40. The first kappa shape index (κ1) is 22.4. The van der Waals surface area contributed by atoms with Gasteiger partial charge in [-0.15, -0.1) is 0 Å². The van der Waals surface area contributed by atoms with E-state index < -0.39 is 10.9 Å². The normalized spacial score (nSPS) is 11.4. The fraction of sp³-hybridized carbons (Fsp3) is 0.550. The molecule has 0 aliphatic heterocycles. The smallest absolute Gasteiger partial charge is 0.338 e. The number of allylic oxidation sites excluding steroid dienone is 1. The monoisotopic (exact) mass is 425 g/mol. The van der Waals surface area contributed by atoms with E-state index in [2.05, 4.69) is 22.9 Å². The summed E-state index contributed by atoms with van der Waals surface area (Å²) in [5.74, 6) is -0.489. The zero-order valence-corrected chi connectivity index (χ0v) is 17.0. The summed E-state index contributed by atoms with van der Waals surface area (Å²) < 4.78 is 6.04. The van der Waals surface area contributed by atoms with E-state index in [1.54, 1.807) is 0 Å². The maximum atomic E-state index is 11.9. The lowest BCUT2D eigenvalue weighted by Crippen LogP contribution is -2.06. The van der Waals surface area contributed by atoms with Crippen molar-refractivity contribution < 1.29 is 14.5 Å². The fourth-order valence-electron chi connectivity index (χ4n) is 2.53. The minimum atomic E-state index is -0.500. The maximum Gasteiger partial charge on any atom is 0.338 e. The van der Waals surface area contributed by atoms with Crippen molar-refractivity contribution in [1.29, 1.82) is 0 Å². The Kier molecular flexibility index (Phi) is 11.6. The van der Waals surface area contributed by atoms with Crippen LogP contribution in [0.15, 0.2) is 34.8 Å². The van der Waals surface area contributed by atoms with Crippen LogP contribution in [0.5, 0.6) is 0 Å². The summed E-state index contributed by atoms with van der Waals surface area (Å²) >= 11 is 3.42. The molecule has 0 bridgehead atoms. The van der Waals surface area contributed by atoms with Crippen LogP contribution >= 0.6 is 15.9 Å². The van der Waals surface area contributed by atoms with Gasteiger partial charge in [0, 0.05) is 16.6 Å². The Morgan fingerprint density at radius 3 is 2.23 bits per heavy atom. The number of rotatable bonds is 13. The molecule has 1 rings (SSSR count). The van der Waals surface area contributed by atoms with Gasteiger partial charge in [-0.1, -0.05) is 73.9 Å². The Bertz CT molecular complexity index is 584. The molecule has 5 nitrogen and oxygen atoms in total. The van der Waals surface area contributed by atoms with Gasteiger partial charge in [-0.2, -0.15) is 0 Å². The van der Waals surface area contributed by atoms with E-state index in [1.807, 2.05) is 6.08 Å². The third-order valence-electron chi connectivity index (χ3n) is 4.08. The summed E-state index contributed by atoms with van der Waals surface area (Å²) in [6, 6.07) is 5.39. The Balaban J connectivity index is 2.18. The van der Waals surface area contributed by atoms with Crippen molar-refractivity contribution in [2.75, 3.05) is 6.61 Å². The number of halogens is 1. The molecule has 0 aliphatic rings. The lowest BCUT2D eigenvalue weighted by molar-refractivity contribution is -0.384. The summed E-state index contributed by atoms with van der Waals surface area (Å²) in [4.78, 5) is 22.0. The van der Waals surface area contributed by atoms with Crippen molar-refractivity contribution in [2.24, 2.45) is 0 Å². The van der Waals surface area contributed by atoms with Crippen LogP contribution in [-0.2, 0) is 4.74 Å². The van der Waals surface area contributed by atoms with Gasteiger partial charge in [-0.05, 0) is 25.0 Å². The van der Waals surface area contributed by atoms with Gasteiger partial charge in [0.05, 0.1) is 10.5 Å². The standard InChI is InChI=1S/C20H28BrNO4/c1-2-3-4-5-6-7-8-9-10-11-18(21)16-26-20(23)17-12-14-19(15-13-17)22(24)25/h11-15H,2-10,16H2,1H3/b18-11+. The molecule has 0 N–H and O–H groups in total. The second-order valence-electron chi connectivity index (χ2n) is 6.29. The van der Waals surface area contributed by atoms with Crippen LogP contribution in [0.4, 0.5) is 5.69 Å². The third kappa shape index (κ3) is 9.70. The Labute approximate surface area is 164 Å². The molecule has 0 heterocycles. The van der Waals surface area contributed by atoms with Gasteiger partial charge in [-0.3, -0.25) is 10.1 Å². The zero-order valence-electron chi connectivity index (χ0n) is 15.4. The number of ether oxygens (including phenoxy) is 1. The summed E-state index contributed by atoms with van der Waals surface area (Å²) in [7, 11) is 0. The first-order chi connectivity index (χ1) is 12.5. The molecule has 0 saturated carbocycles. The number of hydrogen-bond acceptors (Lipinski definition) is 4. The highest BCUT2D eigenvalue weighted by molar-refractivity contribution is 9.11. The van der Waals surface area contributed by atoms with Gasteiger partial charge in [0.25, 0.3) is 5.69 Å². The number of nitro groups is 1. The van der Waals surface area contributed by atoms with Crippen LogP contribution < -0.4 is 0 Å². The topological polar surface area (TPSA) is 69.4 Å². The van der Waals surface area contributed by atoms with Gasteiger partial charge in [0.2, 0.25) is 0 Å². The molecule has 0 atom stereocenters. The number of non-ortho nitro benzene ring substituents is 1. The van der Waals surface area contributed by atoms with Crippen LogP contribution in [0.3, 0.4) is 0 Å². The SMILES string of the molecule is CCCCCCCCCC/C=C(/Br)COC(=O)c1ccc([N+](=O)[O-])cc1. The van der Waals surface area contributed by atoms with E-state index in [-0.39, 0.29) is 12.3 Å². The van der Waals surface area contributed by atoms with Crippen LogP contribution in [0.1, 0.15) is 75.1 Å². The van der Waals surface area contributed by atoms with Crippen molar-refractivity contribution in [3.8, 4) is 0 Å². The molecule has 0 aliphatic carbocycles. The average molecular weight is 426 g/mol. The van der Waals surface area contributed by atoms with Crippen molar-refractivity contribution in [3.63, 3.8) is 0 Å². The molecule has 0 spiro atoms. The molecule has 0 saturated heterocycles. The van der Waals surface area contributed by atoms with Crippen LogP contribution in [0, 0.1) is 10.1 Å². The highest BCUT2D eigenvalue weighted by atomic mass is 79.9. The molecule has 1 aromatic rings. The highest BCUT2D eigenvalue weighted by Crippen LogP contribution is 2.15. The number of unbranched alkanes of at least 4 members (excludes halogenated alkanes) is 8.